The molecule has 3 fully saturated rings. The SMILES string of the molecule is Nc1nc2c(ncn2[C@@H]2O[C@@H]3CO[P+](O)(O)O[C@H]4[C@@H](F)[C@H](n5cnc6c(N)ncnc65)O[C@@H]4CO[P+](O)(O)O[C@H]3[C@H]2F)c(=O)[nH]1. The van der Waals surface area contributed by atoms with Gasteiger partial charge in [0.25, 0.3) is 5.56 Å². The topological polar surface area (TPSA) is 296 Å². The van der Waals surface area contributed by atoms with E-state index in [4.69, 9.17) is 39.0 Å². The van der Waals surface area contributed by atoms with Gasteiger partial charge in [-0.05, 0) is 0 Å². The van der Waals surface area contributed by atoms with Crippen LogP contribution in [0.5, 0.6) is 0 Å². The number of fused-ring (bicyclic) bond motifs is 4. The summed E-state index contributed by atoms with van der Waals surface area (Å²) in [5.41, 5.74) is 10.5. The molecule has 3 aliphatic heterocycles. The second-order valence-electron chi connectivity index (χ2n) is 10.1. The number of H-pyrrole nitrogens is 1. The van der Waals surface area contributed by atoms with Crippen molar-refractivity contribution in [3.63, 3.8) is 0 Å². The largest absolute Gasteiger partial charge is 0.570 e. The minimum Gasteiger partial charge on any atom is -0.382 e. The van der Waals surface area contributed by atoms with Crippen LogP contribution < -0.4 is 17.0 Å². The fourth-order valence-electron chi connectivity index (χ4n) is 5.26. The summed E-state index contributed by atoms with van der Waals surface area (Å²) in [6.45, 7) is -1.71. The number of nitrogen functional groups attached to an aromatic ring is 2. The van der Waals surface area contributed by atoms with E-state index in [-0.39, 0.29) is 34.1 Å². The van der Waals surface area contributed by atoms with Gasteiger partial charge in [0.05, 0.1) is 12.7 Å². The minimum absolute atomic E-state index is 0.00559. The third kappa shape index (κ3) is 5.39. The van der Waals surface area contributed by atoms with E-state index in [1.54, 1.807) is 0 Å². The van der Waals surface area contributed by atoms with Gasteiger partial charge in [0.15, 0.2) is 59.6 Å². The van der Waals surface area contributed by atoms with Crippen molar-refractivity contribution in [2.45, 2.75) is 49.2 Å². The fraction of sp³-hybridized carbons (Fsp3) is 0.500. The van der Waals surface area contributed by atoms with Crippen LogP contribution in [0, 0.1) is 0 Å². The third-order valence-corrected chi connectivity index (χ3v) is 9.26. The summed E-state index contributed by atoms with van der Waals surface area (Å²) in [5.74, 6) is -0.295. The average Bonchev–Trinajstić information content (AvgIpc) is 3.72. The molecule has 3 saturated heterocycles. The zero-order valence-corrected chi connectivity index (χ0v) is 24.1. The number of aromatic nitrogens is 8. The first-order valence-corrected chi connectivity index (χ1v) is 16.0. The van der Waals surface area contributed by atoms with Crippen LogP contribution in [-0.4, -0.2) is 109 Å². The van der Waals surface area contributed by atoms with Crippen molar-refractivity contribution in [1.82, 2.24) is 39.0 Å². The summed E-state index contributed by atoms with van der Waals surface area (Å²) in [7, 11) is -9.81. The van der Waals surface area contributed by atoms with Crippen LogP contribution >= 0.6 is 16.3 Å². The molecule has 21 nitrogen and oxygen atoms in total. The predicted molar refractivity (Wildman–Crippen MR) is 144 cm³/mol. The normalized spacial score (nSPS) is 33.5. The maximum atomic E-state index is 15.9. The Bertz CT molecular complexity index is 1810. The van der Waals surface area contributed by atoms with Crippen LogP contribution in [0.2, 0.25) is 0 Å². The van der Waals surface area contributed by atoms with E-state index in [0.717, 1.165) is 28.1 Å². The number of rotatable bonds is 2. The number of hydrogen-bond acceptors (Lipinski definition) is 18. The van der Waals surface area contributed by atoms with Gasteiger partial charge in [-0.25, -0.2) is 28.7 Å². The molecule has 0 spiro atoms. The van der Waals surface area contributed by atoms with Gasteiger partial charge in [-0.1, -0.05) is 0 Å². The van der Waals surface area contributed by atoms with Crippen LogP contribution in [0.25, 0.3) is 22.3 Å². The van der Waals surface area contributed by atoms with Crippen molar-refractivity contribution >= 4 is 50.4 Å². The lowest BCUT2D eigenvalue weighted by Gasteiger charge is -2.23. The van der Waals surface area contributed by atoms with Crippen LogP contribution in [-0.2, 0) is 27.6 Å². The molecule has 7 rings (SSSR count). The molecular formula is C20H24F2N10O11P2+2. The molecule has 7 heterocycles. The van der Waals surface area contributed by atoms with Crippen molar-refractivity contribution in [2.24, 2.45) is 0 Å². The zero-order valence-electron chi connectivity index (χ0n) is 22.3. The van der Waals surface area contributed by atoms with Crippen molar-refractivity contribution in [2.75, 3.05) is 24.7 Å². The molecule has 45 heavy (non-hydrogen) atoms. The molecule has 4 aromatic heterocycles. The van der Waals surface area contributed by atoms with E-state index in [9.17, 15) is 24.4 Å². The first kappa shape index (κ1) is 30.5. The van der Waals surface area contributed by atoms with E-state index < -0.39 is 84.3 Å². The van der Waals surface area contributed by atoms with E-state index >= 15 is 8.78 Å². The Morgan fingerprint density at radius 3 is 1.93 bits per heavy atom. The average molecular weight is 680 g/mol. The van der Waals surface area contributed by atoms with E-state index in [1.807, 2.05) is 0 Å². The summed E-state index contributed by atoms with van der Waals surface area (Å²) < 4.78 is 66.1. The number of halogens is 2. The Labute approximate surface area is 249 Å². The molecule has 25 heteroatoms. The summed E-state index contributed by atoms with van der Waals surface area (Å²) in [6.07, 6.45) is -11.0. The monoisotopic (exact) mass is 680 g/mol. The number of nitrogens with two attached hydrogens (primary N) is 2. The molecule has 3 aliphatic rings. The molecule has 4 aromatic rings. The number of nitrogens with one attached hydrogen (secondary N) is 1. The highest BCUT2D eigenvalue weighted by molar-refractivity contribution is 7.54. The third-order valence-electron chi connectivity index (χ3n) is 7.25. The van der Waals surface area contributed by atoms with E-state index in [2.05, 4.69) is 29.9 Å². The Kier molecular flexibility index (Phi) is 7.43. The van der Waals surface area contributed by atoms with Crippen molar-refractivity contribution in [3.05, 3.63) is 29.3 Å². The quantitative estimate of drug-likeness (QED) is 0.122. The Hall–Kier alpha value is -3.18. The zero-order chi connectivity index (χ0) is 31.8. The number of nitrogens with zero attached hydrogens (tertiary/aromatic N) is 7. The van der Waals surface area contributed by atoms with Gasteiger partial charge < -0.3 is 20.9 Å². The molecule has 0 aliphatic carbocycles. The Morgan fingerprint density at radius 1 is 0.822 bits per heavy atom. The first-order chi connectivity index (χ1) is 21.3. The lowest BCUT2D eigenvalue weighted by Crippen LogP contribution is -2.38. The highest BCUT2D eigenvalue weighted by Gasteiger charge is 2.61. The molecule has 9 N–H and O–H groups in total. The van der Waals surface area contributed by atoms with Gasteiger partial charge in [0.2, 0.25) is 5.95 Å². The molecule has 0 unspecified atom stereocenters. The van der Waals surface area contributed by atoms with Gasteiger partial charge in [-0.15, -0.1) is 9.05 Å². The highest BCUT2D eigenvalue weighted by Crippen LogP contribution is 2.60. The summed E-state index contributed by atoms with van der Waals surface area (Å²) in [4.78, 5) is 76.7. The van der Waals surface area contributed by atoms with E-state index in [0.29, 0.717) is 0 Å². The van der Waals surface area contributed by atoms with Gasteiger partial charge in [0.1, 0.15) is 37.3 Å². The summed E-state index contributed by atoms with van der Waals surface area (Å²) in [5, 5.41) is 0. The fourth-order valence-corrected chi connectivity index (χ4v) is 7.20. The summed E-state index contributed by atoms with van der Waals surface area (Å²) >= 11 is 0. The second-order valence-corrected chi connectivity index (χ2v) is 13.0. The smallest absolute Gasteiger partial charge is 0.382 e. The number of hydrogen-bond donors (Lipinski definition) is 7. The maximum Gasteiger partial charge on any atom is 0.570 e. The van der Waals surface area contributed by atoms with E-state index in [1.165, 1.54) is 0 Å². The lowest BCUT2D eigenvalue weighted by atomic mass is 10.1. The second kappa shape index (κ2) is 11.0. The molecule has 0 bridgehead atoms. The van der Waals surface area contributed by atoms with Gasteiger partial charge in [-0.3, -0.25) is 18.9 Å². The maximum absolute atomic E-state index is 15.9. The molecular weight excluding hydrogens is 656 g/mol. The van der Waals surface area contributed by atoms with Gasteiger partial charge in [0, 0.05) is 0 Å². The van der Waals surface area contributed by atoms with Crippen molar-refractivity contribution in [1.29, 1.82) is 0 Å². The number of alkyl halides is 2. The number of anilines is 2. The van der Waals surface area contributed by atoms with Crippen molar-refractivity contribution in [3.8, 4) is 0 Å². The van der Waals surface area contributed by atoms with Crippen LogP contribution in [0.1, 0.15) is 12.5 Å². The van der Waals surface area contributed by atoms with Crippen LogP contribution in [0.3, 0.4) is 0 Å². The minimum atomic E-state index is -4.91. The van der Waals surface area contributed by atoms with Gasteiger partial charge >= 0.3 is 16.3 Å². The molecule has 0 radical (unpaired) electrons. The van der Waals surface area contributed by atoms with Gasteiger partial charge in [-0.2, -0.15) is 33.6 Å². The molecule has 242 valence electrons. The van der Waals surface area contributed by atoms with Crippen molar-refractivity contribution < 1.29 is 55.9 Å². The highest BCUT2D eigenvalue weighted by atomic mass is 31.2. The Balaban J connectivity index is 1.16. The predicted octanol–water partition coefficient (Wildman–Crippen LogP) is -1.26. The first-order valence-electron chi connectivity index (χ1n) is 12.9. The standard InChI is InChI=1S/C20H23F2N10O11P2/c21-8-12-6(40-18(8)31-4-27-10-14(23)25-3-26-15(10)31)1-38-45(36,37)43-13-7(2-39-44(34,35)42-12)41-19(9(13)22)32-5-28-11-16(32)29-20(24)30-17(11)33/h3-9,12-13,18-19,34-37H,1-2H2,(H4-,23,24,25,26,29,30,33)/q+1/p+1/t6-,7-,8-,9-,12-,13-,18-,19-/m1/s1. The molecule has 0 aromatic carbocycles. The Morgan fingerprint density at radius 2 is 1.36 bits per heavy atom. The van der Waals surface area contributed by atoms with Crippen LogP contribution in [0.15, 0.2) is 23.8 Å². The molecule has 0 saturated carbocycles. The lowest BCUT2D eigenvalue weighted by molar-refractivity contribution is -0.0747. The molecule has 8 atom stereocenters. The molecule has 0 amide bonds. The van der Waals surface area contributed by atoms with Crippen LogP contribution in [0.4, 0.5) is 20.5 Å². The number of imidazole rings is 2. The summed E-state index contributed by atoms with van der Waals surface area (Å²) in [6, 6.07) is 0. The number of ether oxygens (including phenoxy) is 2. The number of aromatic amines is 1.